The minimum absolute atomic E-state index is 0.0388. The smallest absolute Gasteiger partial charge is 0.240 e. The summed E-state index contributed by atoms with van der Waals surface area (Å²) in [5, 5.41) is 3.01. The van der Waals surface area contributed by atoms with Crippen LogP contribution in [0.5, 0.6) is 0 Å². The van der Waals surface area contributed by atoms with Crippen molar-refractivity contribution in [3.05, 3.63) is 18.3 Å². The molecular formula is C14H23N3O3S. The number of pyridine rings is 1. The topological polar surface area (TPSA) is 80.3 Å². The van der Waals surface area contributed by atoms with E-state index in [2.05, 4.69) is 21.9 Å². The summed E-state index contributed by atoms with van der Waals surface area (Å²) in [5.41, 5.74) is -0.0388. The Kier molecular flexibility index (Phi) is 5.18. The maximum atomic E-state index is 12.4. The van der Waals surface area contributed by atoms with E-state index in [-0.39, 0.29) is 10.3 Å². The number of ether oxygens (including phenoxy) is 1. The molecule has 0 bridgehead atoms. The Morgan fingerprint density at radius 3 is 2.76 bits per heavy atom. The molecule has 1 aliphatic heterocycles. The van der Waals surface area contributed by atoms with Crippen molar-refractivity contribution in [2.24, 2.45) is 5.41 Å². The third kappa shape index (κ3) is 4.39. The van der Waals surface area contributed by atoms with Gasteiger partial charge in [-0.15, -0.1) is 0 Å². The molecule has 0 amide bonds. The van der Waals surface area contributed by atoms with Gasteiger partial charge in [0.2, 0.25) is 10.0 Å². The molecule has 1 aromatic heterocycles. The highest BCUT2D eigenvalue weighted by Crippen LogP contribution is 2.29. The Bertz CT molecular complexity index is 569. The largest absolute Gasteiger partial charge is 0.381 e. The van der Waals surface area contributed by atoms with E-state index in [1.807, 2.05) is 6.92 Å². The Morgan fingerprint density at radius 1 is 1.38 bits per heavy atom. The molecule has 0 spiro atoms. The van der Waals surface area contributed by atoms with Crippen LogP contribution in [0.15, 0.2) is 23.2 Å². The van der Waals surface area contributed by atoms with Crippen LogP contribution in [0, 0.1) is 5.41 Å². The van der Waals surface area contributed by atoms with Gasteiger partial charge in [0.25, 0.3) is 0 Å². The van der Waals surface area contributed by atoms with Crippen LogP contribution in [0.4, 0.5) is 5.82 Å². The number of rotatable bonds is 6. The van der Waals surface area contributed by atoms with Crippen LogP contribution in [-0.4, -0.2) is 39.7 Å². The summed E-state index contributed by atoms with van der Waals surface area (Å²) in [6, 6.07) is 3.06. The first-order valence-corrected chi connectivity index (χ1v) is 8.71. The first-order chi connectivity index (χ1) is 9.95. The van der Waals surface area contributed by atoms with Gasteiger partial charge < -0.3 is 10.1 Å². The van der Waals surface area contributed by atoms with Gasteiger partial charge >= 0.3 is 0 Å². The van der Waals surface area contributed by atoms with Crippen molar-refractivity contribution in [1.29, 1.82) is 0 Å². The summed E-state index contributed by atoms with van der Waals surface area (Å²) in [6.45, 7) is 6.54. The minimum atomic E-state index is -3.51. The van der Waals surface area contributed by atoms with Crippen LogP contribution >= 0.6 is 0 Å². The fourth-order valence-electron chi connectivity index (χ4n) is 2.25. The molecule has 0 radical (unpaired) electrons. The van der Waals surface area contributed by atoms with E-state index in [9.17, 15) is 8.42 Å². The quantitative estimate of drug-likeness (QED) is 0.834. The third-order valence-corrected chi connectivity index (χ3v) is 5.19. The fraction of sp³-hybridized carbons (Fsp3) is 0.643. The number of hydrogen-bond donors (Lipinski definition) is 2. The minimum Gasteiger partial charge on any atom is -0.381 e. The number of sulfonamides is 1. The molecule has 6 nitrogen and oxygen atoms in total. The standard InChI is InChI=1S/C14H23N3O3S/c1-3-15-13-10-12(4-7-16-13)21(18,19)17-11-14(2)5-8-20-9-6-14/h4,7,10,17H,3,5-6,8-9,11H2,1-2H3,(H,15,16). The van der Waals surface area contributed by atoms with Crippen molar-refractivity contribution >= 4 is 15.8 Å². The Hall–Kier alpha value is -1.18. The SMILES string of the molecule is CCNc1cc(S(=O)(=O)NCC2(C)CCOCC2)ccn1. The van der Waals surface area contributed by atoms with Crippen molar-refractivity contribution in [2.45, 2.75) is 31.6 Å². The summed E-state index contributed by atoms with van der Waals surface area (Å²) in [7, 11) is -3.51. The van der Waals surface area contributed by atoms with Crippen molar-refractivity contribution in [3.63, 3.8) is 0 Å². The van der Waals surface area contributed by atoms with E-state index < -0.39 is 10.0 Å². The van der Waals surface area contributed by atoms with Crippen LogP contribution in [0.25, 0.3) is 0 Å². The van der Waals surface area contributed by atoms with Crippen molar-refractivity contribution in [2.75, 3.05) is 31.6 Å². The molecule has 0 atom stereocenters. The Morgan fingerprint density at radius 2 is 2.10 bits per heavy atom. The molecular weight excluding hydrogens is 290 g/mol. The van der Waals surface area contributed by atoms with E-state index in [1.54, 1.807) is 6.07 Å². The molecule has 21 heavy (non-hydrogen) atoms. The zero-order valence-electron chi connectivity index (χ0n) is 12.6. The van der Waals surface area contributed by atoms with Gasteiger partial charge in [0, 0.05) is 38.6 Å². The van der Waals surface area contributed by atoms with Gasteiger partial charge in [-0.25, -0.2) is 18.1 Å². The molecule has 0 saturated carbocycles. The second-order valence-electron chi connectivity index (χ2n) is 5.65. The normalized spacial score (nSPS) is 18.4. The van der Waals surface area contributed by atoms with Crippen LogP contribution in [-0.2, 0) is 14.8 Å². The van der Waals surface area contributed by atoms with Gasteiger partial charge in [0.15, 0.2) is 0 Å². The lowest BCUT2D eigenvalue weighted by Gasteiger charge is -2.33. The molecule has 2 N–H and O–H groups in total. The van der Waals surface area contributed by atoms with Gasteiger partial charge in [-0.3, -0.25) is 0 Å². The Labute approximate surface area is 126 Å². The van der Waals surface area contributed by atoms with E-state index in [0.29, 0.717) is 32.1 Å². The predicted octanol–water partition coefficient (Wildman–Crippen LogP) is 1.61. The van der Waals surface area contributed by atoms with Crippen LogP contribution in [0.3, 0.4) is 0 Å². The molecule has 118 valence electrons. The average Bonchev–Trinajstić information content (AvgIpc) is 2.47. The zero-order valence-corrected chi connectivity index (χ0v) is 13.4. The first-order valence-electron chi connectivity index (χ1n) is 7.22. The summed E-state index contributed by atoms with van der Waals surface area (Å²) in [4.78, 5) is 4.33. The van der Waals surface area contributed by atoms with Gasteiger partial charge in [0.1, 0.15) is 5.82 Å². The highest BCUT2D eigenvalue weighted by molar-refractivity contribution is 7.89. The second-order valence-corrected chi connectivity index (χ2v) is 7.42. The van der Waals surface area contributed by atoms with Crippen LogP contribution < -0.4 is 10.0 Å². The van der Waals surface area contributed by atoms with Crippen molar-refractivity contribution in [3.8, 4) is 0 Å². The average molecular weight is 313 g/mol. The van der Waals surface area contributed by atoms with Crippen LogP contribution in [0.1, 0.15) is 26.7 Å². The molecule has 0 unspecified atom stereocenters. The van der Waals surface area contributed by atoms with E-state index in [1.165, 1.54) is 12.3 Å². The molecule has 1 aromatic rings. The molecule has 1 saturated heterocycles. The lowest BCUT2D eigenvalue weighted by Crippen LogP contribution is -2.39. The van der Waals surface area contributed by atoms with Gasteiger partial charge in [0.05, 0.1) is 4.90 Å². The fourth-order valence-corrected chi connectivity index (χ4v) is 3.46. The van der Waals surface area contributed by atoms with E-state index in [0.717, 1.165) is 12.8 Å². The molecule has 2 rings (SSSR count). The van der Waals surface area contributed by atoms with Gasteiger partial charge in [-0.2, -0.15) is 0 Å². The van der Waals surface area contributed by atoms with Gasteiger partial charge in [-0.1, -0.05) is 6.92 Å². The first kappa shape index (κ1) is 16.2. The molecule has 1 aliphatic rings. The predicted molar refractivity (Wildman–Crippen MR) is 81.7 cm³/mol. The number of nitrogens with one attached hydrogen (secondary N) is 2. The lowest BCUT2D eigenvalue weighted by atomic mass is 9.83. The van der Waals surface area contributed by atoms with Gasteiger partial charge in [-0.05, 0) is 31.2 Å². The van der Waals surface area contributed by atoms with E-state index in [4.69, 9.17) is 4.74 Å². The summed E-state index contributed by atoms with van der Waals surface area (Å²) in [6.07, 6.45) is 3.24. The van der Waals surface area contributed by atoms with E-state index >= 15 is 0 Å². The number of aromatic nitrogens is 1. The zero-order chi connectivity index (χ0) is 15.3. The third-order valence-electron chi connectivity index (χ3n) is 3.79. The maximum Gasteiger partial charge on any atom is 0.240 e. The molecule has 7 heteroatoms. The second kappa shape index (κ2) is 6.72. The van der Waals surface area contributed by atoms with Crippen LogP contribution in [0.2, 0.25) is 0 Å². The van der Waals surface area contributed by atoms with Crippen molar-refractivity contribution < 1.29 is 13.2 Å². The Balaban J connectivity index is 2.05. The number of hydrogen-bond acceptors (Lipinski definition) is 5. The number of nitrogens with zero attached hydrogens (tertiary/aromatic N) is 1. The molecule has 1 fully saturated rings. The maximum absolute atomic E-state index is 12.4. The van der Waals surface area contributed by atoms with Crippen molar-refractivity contribution in [1.82, 2.24) is 9.71 Å². The lowest BCUT2D eigenvalue weighted by molar-refractivity contribution is 0.0265. The highest BCUT2D eigenvalue weighted by Gasteiger charge is 2.29. The molecule has 2 heterocycles. The summed E-state index contributed by atoms with van der Waals surface area (Å²) < 4.78 is 32.8. The molecule has 0 aliphatic carbocycles. The summed E-state index contributed by atoms with van der Waals surface area (Å²) >= 11 is 0. The summed E-state index contributed by atoms with van der Waals surface area (Å²) in [5.74, 6) is 0.567. The number of anilines is 1. The monoisotopic (exact) mass is 313 g/mol. The molecule has 0 aromatic carbocycles. The highest BCUT2D eigenvalue weighted by atomic mass is 32.2.